The maximum Gasteiger partial charge on any atom is 0.0345 e. The van der Waals surface area contributed by atoms with Crippen LogP contribution in [0.2, 0.25) is 0 Å². The lowest BCUT2D eigenvalue weighted by Gasteiger charge is -2.14. The molecule has 0 aromatic heterocycles. The molecular formula is C14H24N2S. The quantitative estimate of drug-likeness (QED) is 0.777. The number of hydrogen-bond acceptors (Lipinski definition) is 3. The molecule has 1 rings (SSSR count). The summed E-state index contributed by atoms with van der Waals surface area (Å²) in [5.74, 6) is 2.28. The highest BCUT2D eigenvalue weighted by molar-refractivity contribution is 7.98. The summed E-state index contributed by atoms with van der Waals surface area (Å²) in [6, 6.07) is 7.18. The predicted molar refractivity (Wildman–Crippen MR) is 79.8 cm³/mol. The Kier molecular flexibility index (Phi) is 6.45. The number of anilines is 1. The average Bonchev–Trinajstić information content (AvgIpc) is 2.28. The molecule has 1 aromatic carbocycles. The predicted octanol–water partition coefficient (Wildman–Crippen LogP) is 3.48. The molecule has 0 aliphatic carbocycles. The third-order valence-electron chi connectivity index (χ3n) is 2.49. The lowest BCUT2D eigenvalue weighted by atomic mass is 10.1. The van der Waals surface area contributed by atoms with E-state index in [-0.39, 0.29) is 0 Å². The molecule has 2 nitrogen and oxygen atoms in total. The summed E-state index contributed by atoms with van der Waals surface area (Å²) >= 11 is 1.97. The van der Waals surface area contributed by atoms with Crippen LogP contribution >= 0.6 is 11.8 Å². The second kappa shape index (κ2) is 7.62. The van der Waals surface area contributed by atoms with E-state index in [9.17, 15) is 0 Å². The summed E-state index contributed by atoms with van der Waals surface area (Å²) in [6.07, 6.45) is 0. The van der Waals surface area contributed by atoms with Crippen molar-refractivity contribution in [2.24, 2.45) is 0 Å². The zero-order valence-electron chi connectivity index (χ0n) is 11.3. The Balaban J connectivity index is 2.83. The number of rotatable bonds is 7. The van der Waals surface area contributed by atoms with Crippen molar-refractivity contribution in [2.75, 3.05) is 18.1 Å². The molecule has 0 amide bonds. The smallest absolute Gasteiger partial charge is 0.0345 e. The topological polar surface area (TPSA) is 24.1 Å². The first-order valence-corrected chi connectivity index (χ1v) is 7.43. The standard InChI is InChI=1S/C14H24N2S/c1-5-17-10-12-6-7-14(16-11(2)3)8-13(12)9-15-4/h6-8,11,15-16H,5,9-10H2,1-4H3. The summed E-state index contributed by atoms with van der Waals surface area (Å²) in [6.45, 7) is 7.47. The zero-order chi connectivity index (χ0) is 12.7. The molecule has 0 bridgehead atoms. The average molecular weight is 252 g/mol. The van der Waals surface area contributed by atoms with Gasteiger partial charge in [0.05, 0.1) is 0 Å². The first-order chi connectivity index (χ1) is 8.17. The normalized spacial score (nSPS) is 10.9. The monoisotopic (exact) mass is 252 g/mol. The number of nitrogens with one attached hydrogen (secondary N) is 2. The molecule has 0 aliphatic rings. The number of benzene rings is 1. The van der Waals surface area contributed by atoms with Gasteiger partial charge in [-0.05, 0) is 49.9 Å². The highest BCUT2D eigenvalue weighted by Crippen LogP contribution is 2.21. The van der Waals surface area contributed by atoms with Crippen LogP contribution in [0.5, 0.6) is 0 Å². The van der Waals surface area contributed by atoms with Crippen molar-refractivity contribution in [3.8, 4) is 0 Å². The van der Waals surface area contributed by atoms with Crippen molar-refractivity contribution in [2.45, 2.75) is 39.1 Å². The van der Waals surface area contributed by atoms with Crippen molar-refractivity contribution < 1.29 is 0 Å². The van der Waals surface area contributed by atoms with Crippen LogP contribution in [0.1, 0.15) is 31.9 Å². The SMILES string of the molecule is CCSCc1ccc(NC(C)C)cc1CNC. The van der Waals surface area contributed by atoms with Gasteiger partial charge in [0.15, 0.2) is 0 Å². The van der Waals surface area contributed by atoms with Crippen molar-refractivity contribution in [3.05, 3.63) is 29.3 Å². The van der Waals surface area contributed by atoms with Crippen LogP contribution in [-0.4, -0.2) is 18.8 Å². The molecule has 1 aromatic rings. The molecule has 0 fully saturated rings. The van der Waals surface area contributed by atoms with Gasteiger partial charge in [-0.3, -0.25) is 0 Å². The van der Waals surface area contributed by atoms with Gasteiger partial charge in [0.1, 0.15) is 0 Å². The van der Waals surface area contributed by atoms with Crippen molar-refractivity contribution in [1.29, 1.82) is 0 Å². The summed E-state index contributed by atoms with van der Waals surface area (Å²) in [5, 5.41) is 6.70. The molecule has 0 saturated heterocycles. The van der Waals surface area contributed by atoms with Gasteiger partial charge in [-0.2, -0.15) is 11.8 Å². The largest absolute Gasteiger partial charge is 0.383 e. The second-order valence-corrected chi connectivity index (χ2v) is 5.72. The lowest BCUT2D eigenvalue weighted by Crippen LogP contribution is -2.12. The van der Waals surface area contributed by atoms with E-state index in [1.54, 1.807) is 0 Å². The van der Waals surface area contributed by atoms with E-state index in [0.717, 1.165) is 12.3 Å². The highest BCUT2D eigenvalue weighted by Gasteiger charge is 2.04. The van der Waals surface area contributed by atoms with Crippen molar-refractivity contribution in [3.63, 3.8) is 0 Å². The third kappa shape index (κ3) is 5.00. The maximum atomic E-state index is 3.45. The first-order valence-electron chi connectivity index (χ1n) is 6.28. The third-order valence-corrected chi connectivity index (χ3v) is 3.41. The summed E-state index contributed by atoms with van der Waals surface area (Å²) in [5.41, 5.74) is 4.06. The van der Waals surface area contributed by atoms with Gasteiger partial charge < -0.3 is 10.6 Å². The lowest BCUT2D eigenvalue weighted by molar-refractivity contribution is 0.810. The van der Waals surface area contributed by atoms with Crippen molar-refractivity contribution in [1.82, 2.24) is 5.32 Å². The van der Waals surface area contributed by atoms with E-state index < -0.39 is 0 Å². The molecule has 17 heavy (non-hydrogen) atoms. The Morgan fingerprint density at radius 2 is 2.00 bits per heavy atom. The minimum Gasteiger partial charge on any atom is -0.383 e. The van der Waals surface area contributed by atoms with Gasteiger partial charge in [0.2, 0.25) is 0 Å². The Hall–Kier alpha value is -0.670. The molecular weight excluding hydrogens is 228 g/mol. The molecule has 3 heteroatoms. The Morgan fingerprint density at radius 3 is 2.59 bits per heavy atom. The van der Waals surface area contributed by atoms with Gasteiger partial charge in [-0.25, -0.2) is 0 Å². The van der Waals surface area contributed by atoms with Gasteiger partial charge in [0, 0.05) is 24.0 Å². The fraction of sp³-hybridized carbons (Fsp3) is 0.571. The van der Waals surface area contributed by atoms with Crippen LogP contribution < -0.4 is 10.6 Å². The molecule has 0 heterocycles. The molecule has 0 radical (unpaired) electrons. The fourth-order valence-corrected chi connectivity index (χ4v) is 2.46. The van der Waals surface area contributed by atoms with Crippen LogP contribution in [0.15, 0.2) is 18.2 Å². The molecule has 96 valence electrons. The van der Waals surface area contributed by atoms with Crippen molar-refractivity contribution >= 4 is 17.4 Å². The van der Waals surface area contributed by atoms with Gasteiger partial charge in [-0.15, -0.1) is 0 Å². The van der Waals surface area contributed by atoms with Crippen LogP contribution in [-0.2, 0) is 12.3 Å². The van der Waals surface area contributed by atoms with E-state index >= 15 is 0 Å². The van der Waals surface area contributed by atoms with E-state index in [1.807, 2.05) is 18.8 Å². The molecule has 0 saturated carbocycles. The minimum absolute atomic E-state index is 0.480. The maximum absolute atomic E-state index is 3.45. The van der Waals surface area contributed by atoms with Gasteiger partial charge in [0.25, 0.3) is 0 Å². The first kappa shape index (κ1) is 14.4. The van der Waals surface area contributed by atoms with Crippen LogP contribution in [0.3, 0.4) is 0 Å². The molecule has 0 spiro atoms. The highest BCUT2D eigenvalue weighted by atomic mass is 32.2. The molecule has 0 atom stereocenters. The van der Waals surface area contributed by atoms with E-state index in [1.165, 1.54) is 22.6 Å². The molecule has 0 unspecified atom stereocenters. The number of thioether (sulfide) groups is 1. The minimum atomic E-state index is 0.480. The number of hydrogen-bond donors (Lipinski definition) is 2. The molecule has 2 N–H and O–H groups in total. The van der Waals surface area contributed by atoms with Crippen LogP contribution in [0.25, 0.3) is 0 Å². The van der Waals surface area contributed by atoms with E-state index in [0.29, 0.717) is 6.04 Å². The fourth-order valence-electron chi connectivity index (χ4n) is 1.76. The Bertz CT molecular complexity index is 337. The van der Waals surface area contributed by atoms with E-state index in [4.69, 9.17) is 0 Å². The summed E-state index contributed by atoms with van der Waals surface area (Å²) in [4.78, 5) is 0. The van der Waals surface area contributed by atoms with E-state index in [2.05, 4.69) is 49.6 Å². The van der Waals surface area contributed by atoms with Gasteiger partial charge in [-0.1, -0.05) is 13.0 Å². The Morgan fingerprint density at radius 1 is 1.24 bits per heavy atom. The summed E-state index contributed by atoms with van der Waals surface area (Å²) < 4.78 is 0. The molecule has 0 aliphatic heterocycles. The summed E-state index contributed by atoms with van der Waals surface area (Å²) in [7, 11) is 2.00. The van der Waals surface area contributed by atoms with Gasteiger partial charge >= 0.3 is 0 Å². The van der Waals surface area contributed by atoms with Crippen LogP contribution in [0, 0.1) is 0 Å². The Labute approximate surface area is 110 Å². The second-order valence-electron chi connectivity index (χ2n) is 4.45. The zero-order valence-corrected chi connectivity index (χ0v) is 12.2. The van der Waals surface area contributed by atoms with Crippen LogP contribution in [0.4, 0.5) is 5.69 Å².